The Balaban J connectivity index is 1.60. The molecular weight excluding hydrogens is 412 g/mol. The first-order chi connectivity index (χ1) is 14.8. The molecule has 3 aromatic rings. The van der Waals surface area contributed by atoms with Crippen molar-refractivity contribution < 1.29 is 18.0 Å². The molecule has 0 bridgehead atoms. The Labute approximate surface area is 181 Å². The zero-order valence-corrected chi connectivity index (χ0v) is 18.0. The van der Waals surface area contributed by atoms with E-state index in [1.165, 1.54) is 23.4 Å². The van der Waals surface area contributed by atoms with Crippen LogP contribution in [0.25, 0.3) is 0 Å². The molecule has 158 valence electrons. The number of nitrogens with zero attached hydrogens (tertiary/aromatic N) is 1. The first-order valence-electron chi connectivity index (χ1n) is 9.92. The molecule has 0 aliphatic carbocycles. The van der Waals surface area contributed by atoms with E-state index in [4.69, 9.17) is 0 Å². The molecule has 0 saturated carbocycles. The van der Waals surface area contributed by atoms with Crippen LogP contribution >= 0.6 is 0 Å². The lowest BCUT2D eigenvalue weighted by Gasteiger charge is -2.24. The van der Waals surface area contributed by atoms with Crippen LogP contribution in [0.5, 0.6) is 0 Å². The van der Waals surface area contributed by atoms with Crippen LogP contribution in [0.15, 0.2) is 77.7 Å². The molecular formula is C24H22N2O4S. The summed E-state index contributed by atoms with van der Waals surface area (Å²) in [7, 11) is -3.83. The van der Waals surface area contributed by atoms with E-state index in [0.717, 1.165) is 5.56 Å². The van der Waals surface area contributed by atoms with Crippen molar-refractivity contribution in [3.05, 3.63) is 89.5 Å². The van der Waals surface area contributed by atoms with E-state index in [9.17, 15) is 18.0 Å². The fourth-order valence-electron chi connectivity index (χ4n) is 3.81. The molecule has 1 aliphatic heterocycles. The van der Waals surface area contributed by atoms with E-state index in [1.807, 2.05) is 25.1 Å². The second kappa shape index (κ2) is 8.00. The number of carbonyl (C=O) groups excluding carboxylic acids is 2. The normalized spacial score (nSPS) is 15.4. The molecule has 1 aliphatic rings. The standard InChI is InChI=1S/C24H22N2O4S/c1-16-14-19-6-3-4-9-23(19)26(16)31(29,30)22-8-5-7-20(15-22)24(28)25-21-12-10-18(11-13-21)17(2)27/h3-13,15-16H,14H2,1-2H3,(H,25,28). The first kappa shape index (κ1) is 20.8. The predicted molar refractivity (Wildman–Crippen MR) is 120 cm³/mol. The number of amides is 1. The van der Waals surface area contributed by atoms with Crippen LogP contribution in [0.2, 0.25) is 0 Å². The zero-order chi connectivity index (χ0) is 22.2. The maximum Gasteiger partial charge on any atom is 0.264 e. The number of sulfonamides is 1. The highest BCUT2D eigenvalue weighted by molar-refractivity contribution is 7.92. The molecule has 1 amide bonds. The van der Waals surface area contributed by atoms with Gasteiger partial charge >= 0.3 is 0 Å². The highest BCUT2D eigenvalue weighted by atomic mass is 32.2. The number of carbonyl (C=O) groups is 2. The molecule has 0 spiro atoms. The van der Waals surface area contributed by atoms with Crippen LogP contribution in [-0.2, 0) is 16.4 Å². The van der Waals surface area contributed by atoms with Crippen LogP contribution in [-0.4, -0.2) is 26.2 Å². The number of para-hydroxylation sites is 1. The van der Waals surface area contributed by atoms with Gasteiger partial charge in [-0.05, 0) is 74.4 Å². The molecule has 6 nitrogen and oxygen atoms in total. The molecule has 1 atom stereocenters. The molecule has 0 radical (unpaired) electrons. The van der Waals surface area contributed by atoms with Gasteiger partial charge in [-0.2, -0.15) is 0 Å². The van der Waals surface area contributed by atoms with Gasteiger partial charge in [0.15, 0.2) is 5.78 Å². The van der Waals surface area contributed by atoms with Crippen molar-refractivity contribution in [1.29, 1.82) is 0 Å². The van der Waals surface area contributed by atoms with Gasteiger partial charge in [-0.25, -0.2) is 8.42 Å². The van der Waals surface area contributed by atoms with Crippen LogP contribution in [0.4, 0.5) is 11.4 Å². The second-order valence-electron chi connectivity index (χ2n) is 7.60. The Kier molecular flexibility index (Phi) is 5.37. The number of fused-ring (bicyclic) bond motifs is 1. The van der Waals surface area contributed by atoms with E-state index in [0.29, 0.717) is 23.4 Å². The lowest BCUT2D eigenvalue weighted by Crippen LogP contribution is -2.35. The Bertz CT molecular complexity index is 1270. The molecule has 1 unspecified atom stereocenters. The summed E-state index contributed by atoms with van der Waals surface area (Å²) in [5, 5.41) is 2.74. The number of rotatable bonds is 5. The molecule has 7 heteroatoms. The minimum atomic E-state index is -3.83. The number of anilines is 2. The van der Waals surface area contributed by atoms with Gasteiger partial charge in [0.2, 0.25) is 0 Å². The lowest BCUT2D eigenvalue weighted by molar-refractivity contribution is 0.101. The Morgan fingerprint density at radius 2 is 1.65 bits per heavy atom. The van der Waals surface area contributed by atoms with E-state index < -0.39 is 15.9 Å². The maximum atomic E-state index is 13.4. The van der Waals surface area contributed by atoms with Gasteiger partial charge in [0, 0.05) is 22.9 Å². The minimum Gasteiger partial charge on any atom is -0.322 e. The van der Waals surface area contributed by atoms with Gasteiger partial charge in [0.05, 0.1) is 10.6 Å². The van der Waals surface area contributed by atoms with Crippen molar-refractivity contribution in [1.82, 2.24) is 0 Å². The zero-order valence-electron chi connectivity index (χ0n) is 17.2. The summed E-state index contributed by atoms with van der Waals surface area (Å²) in [6.07, 6.45) is 0.645. The Morgan fingerprint density at radius 3 is 2.35 bits per heavy atom. The van der Waals surface area contributed by atoms with Gasteiger partial charge in [-0.15, -0.1) is 0 Å². The van der Waals surface area contributed by atoms with Gasteiger partial charge in [-0.3, -0.25) is 13.9 Å². The van der Waals surface area contributed by atoms with Crippen molar-refractivity contribution in [3.8, 4) is 0 Å². The van der Waals surface area contributed by atoms with Crippen molar-refractivity contribution >= 4 is 33.1 Å². The number of hydrogen-bond acceptors (Lipinski definition) is 4. The fourth-order valence-corrected chi connectivity index (χ4v) is 5.55. The molecule has 4 rings (SSSR count). The Morgan fingerprint density at radius 1 is 0.935 bits per heavy atom. The van der Waals surface area contributed by atoms with Crippen molar-refractivity contribution in [2.45, 2.75) is 31.2 Å². The van der Waals surface area contributed by atoms with Crippen LogP contribution in [0.1, 0.15) is 40.1 Å². The molecule has 31 heavy (non-hydrogen) atoms. The summed E-state index contributed by atoms with van der Waals surface area (Å²) in [6.45, 7) is 3.35. The summed E-state index contributed by atoms with van der Waals surface area (Å²) in [6, 6.07) is 19.8. The molecule has 1 heterocycles. The second-order valence-corrected chi connectivity index (χ2v) is 9.41. The summed E-state index contributed by atoms with van der Waals surface area (Å²) < 4.78 is 28.2. The van der Waals surface area contributed by atoms with Gasteiger partial charge in [0.25, 0.3) is 15.9 Å². The minimum absolute atomic E-state index is 0.0616. The summed E-state index contributed by atoms with van der Waals surface area (Å²) >= 11 is 0. The summed E-state index contributed by atoms with van der Waals surface area (Å²) in [5.74, 6) is -0.490. The van der Waals surface area contributed by atoms with E-state index >= 15 is 0 Å². The largest absolute Gasteiger partial charge is 0.322 e. The third kappa shape index (κ3) is 3.96. The topological polar surface area (TPSA) is 83.5 Å². The molecule has 0 aromatic heterocycles. The number of hydrogen-bond donors (Lipinski definition) is 1. The third-order valence-corrected chi connectivity index (χ3v) is 7.27. The van der Waals surface area contributed by atoms with Crippen molar-refractivity contribution in [3.63, 3.8) is 0 Å². The van der Waals surface area contributed by atoms with Gasteiger partial charge in [0.1, 0.15) is 0 Å². The highest BCUT2D eigenvalue weighted by Crippen LogP contribution is 2.36. The third-order valence-electron chi connectivity index (χ3n) is 5.35. The van der Waals surface area contributed by atoms with E-state index in [1.54, 1.807) is 42.5 Å². The average molecular weight is 435 g/mol. The van der Waals surface area contributed by atoms with Crippen molar-refractivity contribution in [2.75, 3.05) is 9.62 Å². The monoisotopic (exact) mass is 434 g/mol. The smallest absolute Gasteiger partial charge is 0.264 e. The SMILES string of the molecule is CC(=O)c1ccc(NC(=O)c2cccc(S(=O)(=O)N3c4ccccc4CC3C)c2)cc1. The molecule has 0 fully saturated rings. The Hall–Kier alpha value is -3.45. The molecule has 3 aromatic carbocycles. The highest BCUT2D eigenvalue weighted by Gasteiger charge is 2.36. The number of benzene rings is 3. The lowest BCUT2D eigenvalue weighted by atomic mass is 10.1. The van der Waals surface area contributed by atoms with Gasteiger partial charge in [-0.1, -0.05) is 24.3 Å². The molecule has 0 saturated heterocycles. The summed E-state index contributed by atoms with van der Waals surface area (Å²) in [5.41, 5.74) is 2.96. The molecule has 1 N–H and O–H groups in total. The van der Waals surface area contributed by atoms with Crippen LogP contribution < -0.4 is 9.62 Å². The maximum absolute atomic E-state index is 13.4. The van der Waals surface area contributed by atoms with Crippen LogP contribution in [0.3, 0.4) is 0 Å². The van der Waals surface area contributed by atoms with E-state index in [2.05, 4.69) is 5.32 Å². The van der Waals surface area contributed by atoms with Crippen LogP contribution in [0, 0.1) is 0 Å². The summed E-state index contributed by atoms with van der Waals surface area (Å²) in [4.78, 5) is 24.2. The quantitative estimate of drug-likeness (QED) is 0.608. The average Bonchev–Trinajstić information content (AvgIpc) is 3.10. The number of Topliss-reactive ketones (excluding diaryl/α,β-unsaturated/α-hetero) is 1. The first-order valence-corrected chi connectivity index (χ1v) is 11.4. The predicted octanol–water partition coefficient (Wildman–Crippen LogP) is 4.28. The fraction of sp³-hybridized carbons (Fsp3) is 0.167. The number of nitrogens with one attached hydrogen (secondary N) is 1. The van der Waals surface area contributed by atoms with Gasteiger partial charge < -0.3 is 5.32 Å². The number of ketones is 1. The van der Waals surface area contributed by atoms with E-state index in [-0.39, 0.29) is 22.3 Å². The van der Waals surface area contributed by atoms with Crippen molar-refractivity contribution in [2.24, 2.45) is 0 Å².